The van der Waals surface area contributed by atoms with Crippen LogP contribution in [0.1, 0.15) is 12.1 Å². The largest absolute Gasteiger partial charge is 0.369 e. The first kappa shape index (κ1) is 6.98. The van der Waals surface area contributed by atoms with E-state index in [4.69, 9.17) is 11.6 Å². The molecule has 0 spiro atoms. The van der Waals surface area contributed by atoms with Crippen LogP contribution in [-0.2, 0) is 6.54 Å². The molecule has 1 aromatic rings. The van der Waals surface area contributed by atoms with Crippen LogP contribution in [-0.4, -0.2) is 16.3 Å². The molecule has 0 radical (unpaired) electrons. The van der Waals surface area contributed by atoms with E-state index in [-0.39, 0.29) is 0 Å². The number of hydrogen-bond acceptors (Lipinski definition) is 2. The number of nitrogens with zero attached hydrogens (tertiary/aromatic N) is 2. The number of nitrogens with one attached hydrogen (secondary N) is 1. The van der Waals surface area contributed by atoms with Crippen molar-refractivity contribution in [3.8, 4) is 0 Å². The summed E-state index contributed by atoms with van der Waals surface area (Å²) in [4.78, 5) is 0. The lowest BCUT2D eigenvalue weighted by Crippen LogP contribution is -2.17. The Bertz CT molecular complexity index is 279. The van der Waals surface area contributed by atoms with E-state index in [1.54, 1.807) is 0 Å². The first-order chi connectivity index (χ1) is 5.29. The molecule has 0 atom stereocenters. The molecule has 1 aromatic heterocycles. The number of halogens is 1. The Morgan fingerprint density at radius 2 is 2.45 bits per heavy atom. The molecular weight excluding hydrogens is 162 g/mol. The van der Waals surface area contributed by atoms with Gasteiger partial charge in [0.15, 0.2) is 0 Å². The van der Waals surface area contributed by atoms with Gasteiger partial charge >= 0.3 is 0 Å². The molecule has 0 saturated heterocycles. The van der Waals surface area contributed by atoms with Crippen LogP contribution < -0.4 is 5.32 Å². The van der Waals surface area contributed by atoms with E-state index in [9.17, 15) is 0 Å². The Kier molecular flexibility index (Phi) is 1.53. The molecule has 0 aliphatic carbocycles. The summed E-state index contributed by atoms with van der Waals surface area (Å²) in [5, 5.41) is 8.26. The monoisotopic (exact) mass is 171 g/mol. The minimum Gasteiger partial charge on any atom is -0.369 e. The van der Waals surface area contributed by atoms with Crippen LogP contribution in [0.3, 0.4) is 0 Å². The first-order valence-corrected chi connectivity index (χ1v) is 4.13. The molecule has 0 fully saturated rings. The predicted molar refractivity (Wildman–Crippen MR) is 45.1 cm³/mol. The minimum atomic E-state index is 0.768. The van der Waals surface area contributed by atoms with Crippen molar-refractivity contribution in [2.45, 2.75) is 19.9 Å². The summed E-state index contributed by atoms with van der Waals surface area (Å²) in [6.45, 7) is 3.91. The molecule has 2 rings (SSSR count). The van der Waals surface area contributed by atoms with Crippen LogP contribution in [0, 0.1) is 6.92 Å². The smallest absolute Gasteiger partial charge is 0.143 e. The third-order valence-corrected chi connectivity index (χ3v) is 2.35. The number of rotatable bonds is 0. The zero-order valence-corrected chi connectivity index (χ0v) is 7.15. The molecule has 0 bridgehead atoms. The van der Waals surface area contributed by atoms with Gasteiger partial charge in [0.05, 0.1) is 5.69 Å². The summed E-state index contributed by atoms with van der Waals surface area (Å²) < 4.78 is 1.93. The van der Waals surface area contributed by atoms with Crippen LogP contribution in [0.5, 0.6) is 0 Å². The second-order valence-corrected chi connectivity index (χ2v) is 3.13. The highest BCUT2D eigenvalue weighted by Crippen LogP contribution is 2.27. The van der Waals surface area contributed by atoms with Crippen molar-refractivity contribution >= 4 is 17.4 Å². The van der Waals surface area contributed by atoms with E-state index in [0.29, 0.717) is 0 Å². The number of aromatic nitrogens is 2. The Morgan fingerprint density at radius 1 is 1.64 bits per heavy atom. The van der Waals surface area contributed by atoms with Crippen molar-refractivity contribution in [3.63, 3.8) is 0 Å². The average molecular weight is 172 g/mol. The molecule has 60 valence electrons. The molecule has 4 heteroatoms. The highest BCUT2D eigenvalue weighted by atomic mass is 35.5. The zero-order valence-electron chi connectivity index (χ0n) is 6.39. The fourth-order valence-electron chi connectivity index (χ4n) is 1.33. The quantitative estimate of drug-likeness (QED) is 0.644. The number of aryl methyl sites for hydroxylation is 2. The minimum absolute atomic E-state index is 0.768. The van der Waals surface area contributed by atoms with Crippen LogP contribution >= 0.6 is 11.6 Å². The van der Waals surface area contributed by atoms with Crippen molar-refractivity contribution < 1.29 is 0 Å². The van der Waals surface area contributed by atoms with E-state index >= 15 is 0 Å². The summed E-state index contributed by atoms with van der Waals surface area (Å²) in [6.07, 6.45) is 1.13. The predicted octanol–water partition coefficient (Wildman–Crippen LogP) is 1.66. The van der Waals surface area contributed by atoms with Gasteiger partial charge in [0.1, 0.15) is 10.8 Å². The molecule has 11 heavy (non-hydrogen) atoms. The lowest BCUT2D eigenvalue weighted by Gasteiger charge is -2.15. The van der Waals surface area contributed by atoms with E-state index in [0.717, 1.165) is 36.0 Å². The van der Waals surface area contributed by atoms with Gasteiger partial charge in [-0.25, -0.2) is 4.68 Å². The maximum atomic E-state index is 5.98. The molecule has 1 N–H and O–H groups in total. The zero-order chi connectivity index (χ0) is 7.84. The lowest BCUT2D eigenvalue weighted by molar-refractivity contribution is 0.564. The molecular formula is C7H10ClN3. The van der Waals surface area contributed by atoms with Gasteiger partial charge in [-0.15, -0.1) is 0 Å². The van der Waals surface area contributed by atoms with Gasteiger partial charge < -0.3 is 5.32 Å². The molecule has 0 aromatic carbocycles. The number of fused-ring (bicyclic) bond motifs is 1. The van der Waals surface area contributed by atoms with Gasteiger partial charge in [-0.1, -0.05) is 11.6 Å². The normalized spacial score (nSPS) is 15.8. The maximum absolute atomic E-state index is 5.98. The summed E-state index contributed by atoms with van der Waals surface area (Å²) in [5.74, 6) is 0.982. The second-order valence-electron chi connectivity index (χ2n) is 2.75. The SMILES string of the molecule is Cc1nn2c(c1Cl)NCCC2. The Labute approximate surface area is 70.3 Å². The lowest BCUT2D eigenvalue weighted by atomic mass is 10.3. The molecule has 1 aliphatic heterocycles. The average Bonchev–Trinajstić information content (AvgIpc) is 2.30. The molecule has 0 amide bonds. The first-order valence-electron chi connectivity index (χ1n) is 3.76. The van der Waals surface area contributed by atoms with E-state index in [1.807, 2.05) is 11.6 Å². The second kappa shape index (κ2) is 2.41. The van der Waals surface area contributed by atoms with Gasteiger partial charge in [0, 0.05) is 13.1 Å². The van der Waals surface area contributed by atoms with E-state index < -0.39 is 0 Å². The van der Waals surface area contributed by atoms with Crippen LogP contribution in [0.2, 0.25) is 5.02 Å². The van der Waals surface area contributed by atoms with Gasteiger partial charge in [0.2, 0.25) is 0 Å². The summed E-state index contributed by atoms with van der Waals surface area (Å²) in [6, 6.07) is 0. The van der Waals surface area contributed by atoms with Crippen molar-refractivity contribution in [1.29, 1.82) is 0 Å². The fraction of sp³-hybridized carbons (Fsp3) is 0.571. The van der Waals surface area contributed by atoms with E-state index in [1.165, 1.54) is 0 Å². The van der Waals surface area contributed by atoms with Crippen molar-refractivity contribution in [1.82, 2.24) is 9.78 Å². The number of anilines is 1. The topological polar surface area (TPSA) is 29.9 Å². The Hall–Kier alpha value is -0.700. The third-order valence-electron chi connectivity index (χ3n) is 1.89. The van der Waals surface area contributed by atoms with Gasteiger partial charge in [-0.3, -0.25) is 0 Å². The van der Waals surface area contributed by atoms with Crippen LogP contribution in [0.15, 0.2) is 0 Å². The molecule has 0 unspecified atom stereocenters. The molecule has 0 saturated carbocycles. The van der Waals surface area contributed by atoms with Crippen molar-refractivity contribution in [2.24, 2.45) is 0 Å². The maximum Gasteiger partial charge on any atom is 0.143 e. The Morgan fingerprint density at radius 3 is 3.18 bits per heavy atom. The summed E-state index contributed by atoms with van der Waals surface area (Å²) in [7, 11) is 0. The van der Waals surface area contributed by atoms with Crippen molar-refractivity contribution in [3.05, 3.63) is 10.7 Å². The highest BCUT2D eigenvalue weighted by Gasteiger charge is 2.15. The van der Waals surface area contributed by atoms with Crippen LogP contribution in [0.25, 0.3) is 0 Å². The van der Waals surface area contributed by atoms with Crippen molar-refractivity contribution in [2.75, 3.05) is 11.9 Å². The Balaban J connectivity index is 2.50. The molecule has 3 nitrogen and oxygen atoms in total. The van der Waals surface area contributed by atoms with Gasteiger partial charge in [-0.05, 0) is 13.3 Å². The fourth-order valence-corrected chi connectivity index (χ4v) is 1.53. The number of hydrogen-bond donors (Lipinski definition) is 1. The molecule has 1 aliphatic rings. The van der Waals surface area contributed by atoms with Gasteiger partial charge in [-0.2, -0.15) is 5.10 Å². The molecule has 2 heterocycles. The van der Waals surface area contributed by atoms with Gasteiger partial charge in [0.25, 0.3) is 0 Å². The van der Waals surface area contributed by atoms with Crippen LogP contribution in [0.4, 0.5) is 5.82 Å². The standard InChI is InChI=1S/C7H10ClN3/c1-5-6(8)7-9-3-2-4-11(7)10-5/h9H,2-4H2,1H3. The highest BCUT2D eigenvalue weighted by molar-refractivity contribution is 6.33. The third kappa shape index (κ3) is 0.997. The summed E-state index contributed by atoms with van der Waals surface area (Å²) >= 11 is 5.98. The summed E-state index contributed by atoms with van der Waals surface area (Å²) in [5.41, 5.74) is 0.913. The van der Waals surface area contributed by atoms with E-state index in [2.05, 4.69) is 10.4 Å².